The highest BCUT2D eigenvalue weighted by molar-refractivity contribution is 5.33. The predicted molar refractivity (Wildman–Crippen MR) is 58.7 cm³/mol. The minimum absolute atomic E-state index is 0.177. The molecule has 1 aliphatic carbocycles. The Morgan fingerprint density at radius 1 is 1.21 bits per heavy atom. The molecule has 0 saturated heterocycles. The second-order valence-electron chi connectivity index (χ2n) is 3.52. The van der Waals surface area contributed by atoms with Crippen molar-refractivity contribution in [1.29, 1.82) is 0 Å². The van der Waals surface area contributed by atoms with E-state index in [0.29, 0.717) is 5.92 Å². The molecule has 72 valence electrons. The van der Waals surface area contributed by atoms with Crippen molar-refractivity contribution in [1.82, 2.24) is 0 Å². The number of ether oxygens (including phenoxy) is 1. The average Bonchev–Trinajstić information content (AvgIpc) is 2.27. The summed E-state index contributed by atoms with van der Waals surface area (Å²) in [4.78, 5) is 0. The molecule has 0 radical (unpaired) electrons. The van der Waals surface area contributed by atoms with Crippen LogP contribution in [0.25, 0.3) is 0 Å². The van der Waals surface area contributed by atoms with Crippen molar-refractivity contribution in [2.75, 3.05) is 0 Å². The van der Waals surface area contributed by atoms with Crippen LogP contribution in [0.4, 0.5) is 0 Å². The fourth-order valence-electron chi connectivity index (χ4n) is 1.88. The number of rotatable bonds is 2. The van der Waals surface area contributed by atoms with Gasteiger partial charge in [-0.25, -0.2) is 0 Å². The third-order valence-corrected chi connectivity index (χ3v) is 2.66. The molecule has 1 nitrogen and oxygen atoms in total. The predicted octanol–water partition coefficient (Wildman–Crippen LogP) is 3.14. The first kappa shape index (κ1) is 9.07. The molecule has 0 aromatic heterocycles. The van der Waals surface area contributed by atoms with Gasteiger partial charge >= 0.3 is 0 Å². The molecule has 2 rings (SSSR count). The van der Waals surface area contributed by atoms with Gasteiger partial charge in [0.15, 0.2) is 0 Å². The lowest BCUT2D eigenvalue weighted by molar-refractivity contribution is 0.108. The van der Waals surface area contributed by atoms with Crippen LogP contribution in [-0.2, 0) is 4.74 Å². The first-order valence-corrected chi connectivity index (χ1v) is 4.85. The summed E-state index contributed by atoms with van der Waals surface area (Å²) in [6.07, 6.45) is 13.2. The lowest BCUT2D eigenvalue weighted by Crippen LogP contribution is -2.26. The molecule has 0 aromatic rings. The van der Waals surface area contributed by atoms with Gasteiger partial charge in [-0.15, -0.1) is 0 Å². The molecule has 1 heteroatoms. The maximum Gasteiger partial charge on any atom is 0.124 e. The highest BCUT2D eigenvalue weighted by Gasteiger charge is 2.26. The van der Waals surface area contributed by atoms with Gasteiger partial charge < -0.3 is 4.74 Å². The van der Waals surface area contributed by atoms with Crippen LogP contribution in [0.3, 0.4) is 0 Å². The molecule has 0 aromatic carbocycles. The molecule has 0 spiro atoms. The molecule has 2 unspecified atom stereocenters. The van der Waals surface area contributed by atoms with Crippen molar-refractivity contribution in [2.45, 2.75) is 12.5 Å². The van der Waals surface area contributed by atoms with Gasteiger partial charge in [0.2, 0.25) is 0 Å². The molecule has 14 heavy (non-hydrogen) atoms. The largest absolute Gasteiger partial charge is 0.485 e. The van der Waals surface area contributed by atoms with Gasteiger partial charge in [-0.05, 0) is 24.1 Å². The second kappa shape index (κ2) is 3.70. The van der Waals surface area contributed by atoms with Gasteiger partial charge in [-0.1, -0.05) is 37.5 Å². The quantitative estimate of drug-likeness (QED) is 0.643. The second-order valence-corrected chi connectivity index (χ2v) is 3.52. The van der Waals surface area contributed by atoms with Crippen molar-refractivity contribution in [3.05, 3.63) is 60.9 Å². The van der Waals surface area contributed by atoms with Crippen LogP contribution in [0.15, 0.2) is 60.9 Å². The Labute approximate surface area is 84.8 Å². The van der Waals surface area contributed by atoms with Crippen molar-refractivity contribution < 1.29 is 4.74 Å². The summed E-state index contributed by atoms with van der Waals surface area (Å²) in [5.74, 6) is 1.33. The van der Waals surface area contributed by atoms with Crippen LogP contribution < -0.4 is 0 Å². The highest BCUT2D eigenvalue weighted by Crippen LogP contribution is 2.32. The first-order valence-electron chi connectivity index (χ1n) is 4.85. The maximum absolute atomic E-state index is 5.80. The molecule has 1 aliphatic heterocycles. The monoisotopic (exact) mass is 186 g/mol. The summed E-state index contributed by atoms with van der Waals surface area (Å²) < 4.78 is 5.80. The third kappa shape index (κ3) is 1.46. The molecule has 2 aliphatic rings. The fourth-order valence-corrected chi connectivity index (χ4v) is 1.88. The van der Waals surface area contributed by atoms with Crippen LogP contribution in [0, 0.1) is 5.92 Å². The van der Waals surface area contributed by atoms with E-state index in [0.717, 1.165) is 17.8 Å². The molecule has 0 bridgehead atoms. The van der Waals surface area contributed by atoms with Crippen LogP contribution in [0.1, 0.15) is 6.42 Å². The van der Waals surface area contributed by atoms with Crippen molar-refractivity contribution in [3.8, 4) is 0 Å². The zero-order valence-electron chi connectivity index (χ0n) is 8.15. The maximum atomic E-state index is 5.80. The van der Waals surface area contributed by atoms with Crippen LogP contribution in [0.2, 0.25) is 0 Å². The Bertz CT molecular complexity index is 310. The zero-order chi connectivity index (χ0) is 9.97. The summed E-state index contributed by atoms with van der Waals surface area (Å²) in [5, 5.41) is 0. The number of hydrogen-bond donors (Lipinski definition) is 0. The van der Waals surface area contributed by atoms with Gasteiger partial charge in [0.05, 0.1) is 0 Å². The van der Waals surface area contributed by atoms with Gasteiger partial charge in [-0.2, -0.15) is 0 Å². The number of allylic oxidation sites excluding steroid dienone is 5. The van der Waals surface area contributed by atoms with E-state index in [1.165, 1.54) is 0 Å². The molecule has 0 fully saturated rings. The van der Waals surface area contributed by atoms with E-state index in [2.05, 4.69) is 31.4 Å². The Morgan fingerprint density at radius 3 is 2.71 bits per heavy atom. The Hall–Kier alpha value is -1.50. The molecule has 0 N–H and O–H groups in total. The summed E-state index contributed by atoms with van der Waals surface area (Å²) in [5.41, 5.74) is 1.15. The lowest BCUT2D eigenvalue weighted by Gasteiger charge is -2.31. The van der Waals surface area contributed by atoms with Gasteiger partial charge in [-0.3, -0.25) is 0 Å². The van der Waals surface area contributed by atoms with Crippen LogP contribution in [0.5, 0.6) is 0 Å². The third-order valence-electron chi connectivity index (χ3n) is 2.66. The SMILES string of the molecule is C=CC1=C(C=C)OC2C=CC=CC2C1. The van der Waals surface area contributed by atoms with Crippen molar-refractivity contribution in [3.63, 3.8) is 0 Å². The van der Waals surface area contributed by atoms with E-state index >= 15 is 0 Å². The van der Waals surface area contributed by atoms with Crippen molar-refractivity contribution >= 4 is 0 Å². The smallest absolute Gasteiger partial charge is 0.124 e. The van der Waals surface area contributed by atoms with E-state index < -0.39 is 0 Å². The van der Waals surface area contributed by atoms with Crippen molar-refractivity contribution in [2.24, 2.45) is 5.92 Å². The van der Waals surface area contributed by atoms with Gasteiger partial charge in [0, 0.05) is 5.92 Å². The van der Waals surface area contributed by atoms with E-state index in [-0.39, 0.29) is 6.10 Å². The van der Waals surface area contributed by atoms with Crippen LogP contribution in [-0.4, -0.2) is 6.10 Å². The summed E-state index contributed by atoms with van der Waals surface area (Å²) in [6.45, 7) is 7.54. The molecule has 0 saturated carbocycles. The Morgan fingerprint density at radius 2 is 2.00 bits per heavy atom. The first-order chi connectivity index (χ1) is 6.85. The van der Waals surface area contributed by atoms with Gasteiger partial charge in [0.25, 0.3) is 0 Å². The van der Waals surface area contributed by atoms with Crippen LogP contribution >= 0.6 is 0 Å². The Balaban J connectivity index is 2.29. The van der Waals surface area contributed by atoms with E-state index in [1.807, 2.05) is 12.2 Å². The molecule has 0 amide bonds. The molecular weight excluding hydrogens is 172 g/mol. The minimum atomic E-state index is 0.177. The summed E-state index contributed by atoms with van der Waals surface area (Å²) in [6, 6.07) is 0. The minimum Gasteiger partial charge on any atom is -0.485 e. The van der Waals surface area contributed by atoms with E-state index in [9.17, 15) is 0 Å². The Kier molecular flexibility index (Phi) is 2.40. The zero-order valence-corrected chi connectivity index (χ0v) is 8.15. The fraction of sp³-hybridized carbons (Fsp3) is 0.231. The highest BCUT2D eigenvalue weighted by atomic mass is 16.5. The molecule has 1 heterocycles. The number of fused-ring (bicyclic) bond motifs is 1. The van der Waals surface area contributed by atoms with E-state index in [1.54, 1.807) is 6.08 Å². The summed E-state index contributed by atoms with van der Waals surface area (Å²) >= 11 is 0. The lowest BCUT2D eigenvalue weighted by atomic mass is 9.88. The topological polar surface area (TPSA) is 9.23 Å². The molecular formula is C13H14O. The number of hydrogen-bond acceptors (Lipinski definition) is 1. The average molecular weight is 186 g/mol. The van der Waals surface area contributed by atoms with Gasteiger partial charge in [0.1, 0.15) is 11.9 Å². The summed E-state index contributed by atoms with van der Waals surface area (Å²) in [7, 11) is 0. The standard InChI is InChI=1S/C13H14O/c1-3-10-9-11-7-5-6-8-13(11)14-12(10)4-2/h3-8,11,13H,1-2,9H2. The molecule has 2 atom stereocenters. The normalized spacial score (nSPS) is 29.4. The van der Waals surface area contributed by atoms with E-state index in [4.69, 9.17) is 4.74 Å².